The van der Waals surface area contributed by atoms with Crippen LogP contribution < -0.4 is 16.4 Å². The van der Waals surface area contributed by atoms with Crippen molar-refractivity contribution in [3.63, 3.8) is 0 Å². The summed E-state index contributed by atoms with van der Waals surface area (Å²) in [5.41, 5.74) is 6.10. The highest BCUT2D eigenvalue weighted by Crippen LogP contribution is 2.61. The number of hydrogen-bond donors (Lipinski definition) is 3. The van der Waals surface area contributed by atoms with E-state index in [9.17, 15) is 9.59 Å². The summed E-state index contributed by atoms with van der Waals surface area (Å²) in [4.78, 5) is 24.2. The van der Waals surface area contributed by atoms with Crippen molar-refractivity contribution in [1.29, 1.82) is 0 Å². The van der Waals surface area contributed by atoms with Crippen molar-refractivity contribution in [3.8, 4) is 0 Å². The van der Waals surface area contributed by atoms with Gasteiger partial charge in [-0.05, 0) is 74.5 Å². The van der Waals surface area contributed by atoms with Crippen LogP contribution in [0.3, 0.4) is 0 Å². The average molecular weight is 372 g/mol. The molecule has 144 valence electrons. The van der Waals surface area contributed by atoms with Gasteiger partial charge in [0, 0.05) is 6.04 Å². The molecule has 6 heteroatoms. The van der Waals surface area contributed by atoms with Gasteiger partial charge in [0.15, 0.2) is 0 Å². The molecule has 0 aromatic rings. The van der Waals surface area contributed by atoms with Crippen LogP contribution in [0.5, 0.6) is 0 Å². The van der Waals surface area contributed by atoms with Crippen LogP contribution in [0, 0.1) is 29.1 Å². The summed E-state index contributed by atoms with van der Waals surface area (Å²) < 4.78 is 0. The maximum absolute atomic E-state index is 12.3. The van der Waals surface area contributed by atoms with Crippen molar-refractivity contribution in [2.24, 2.45) is 34.8 Å². The molecule has 4 rings (SSSR count). The third-order valence-corrected chi connectivity index (χ3v) is 6.83. The Kier molecular flexibility index (Phi) is 6.42. The summed E-state index contributed by atoms with van der Waals surface area (Å²) in [7, 11) is 0. The first-order chi connectivity index (χ1) is 11.3. The predicted molar refractivity (Wildman–Crippen MR) is 101 cm³/mol. The molecule has 0 aliphatic heterocycles. The molecule has 0 aromatic carbocycles. The highest BCUT2D eigenvalue weighted by molar-refractivity contribution is 5.87. The van der Waals surface area contributed by atoms with Gasteiger partial charge in [0.2, 0.25) is 11.8 Å². The molecular weight excluding hydrogens is 338 g/mol. The number of hydrogen-bond acceptors (Lipinski definition) is 3. The zero-order valence-electron chi connectivity index (χ0n) is 15.7. The van der Waals surface area contributed by atoms with Crippen molar-refractivity contribution in [3.05, 3.63) is 0 Å². The summed E-state index contributed by atoms with van der Waals surface area (Å²) in [6, 6.07) is -0.368. The molecule has 0 radical (unpaired) electrons. The largest absolute Gasteiger partial charge is 0.352 e. The predicted octanol–water partition coefficient (Wildman–Crippen LogP) is 2.23. The number of rotatable bonds is 6. The molecule has 4 N–H and O–H groups in total. The quantitative estimate of drug-likeness (QED) is 0.669. The molecule has 25 heavy (non-hydrogen) atoms. The van der Waals surface area contributed by atoms with Gasteiger partial charge in [-0.15, -0.1) is 12.4 Å². The molecule has 2 atom stereocenters. The van der Waals surface area contributed by atoms with Crippen LogP contribution >= 0.6 is 12.4 Å². The van der Waals surface area contributed by atoms with Crippen LogP contribution in [-0.4, -0.2) is 30.4 Å². The molecule has 0 spiro atoms. The summed E-state index contributed by atoms with van der Waals surface area (Å²) >= 11 is 0. The highest BCUT2D eigenvalue weighted by Gasteiger charge is 2.53. The van der Waals surface area contributed by atoms with Gasteiger partial charge >= 0.3 is 0 Å². The number of nitrogens with two attached hydrogens (primary N) is 1. The Labute approximate surface area is 157 Å². The zero-order valence-corrected chi connectivity index (χ0v) is 16.5. The Morgan fingerprint density at radius 1 is 1.04 bits per heavy atom. The first kappa shape index (κ1) is 20.5. The molecular formula is C19H34ClN3O2. The summed E-state index contributed by atoms with van der Waals surface area (Å²) in [6.45, 7) is 5.99. The Bertz CT molecular complexity index is 474. The fraction of sp³-hybridized carbons (Fsp3) is 0.895. The van der Waals surface area contributed by atoms with Crippen LogP contribution in [0.1, 0.15) is 59.3 Å². The molecule has 4 saturated carbocycles. The van der Waals surface area contributed by atoms with Gasteiger partial charge < -0.3 is 16.4 Å². The van der Waals surface area contributed by atoms with E-state index in [1.807, 2.05) is 13.8 Å². The Morgan fingerprint density at radius 2 is 1.52 bits per heavy atom. The minimum atomic E-state index is -0.557. The van der Waals surface area contributed by atoms with Crippen LogP contribution in [0.15, 0.2) is 0 Å². The lowest BCUT2D eigenvalue weighted by Gasteiger charge is -2.59. The second-order valence-corrected chi connectivity index (χ2v) is 9.06. The van der Waals surface area contributed by atoms with Crippen LogP contribution in [-0.2, 0) is 9.59 Å². The SMILES string of the molecule is CC(C)[C@H](N)C(=O)NCC(=O)NC(C)C12CC3CC(CC(C3)C1)C2.Cl. The number of amides is 2. The molecule has 4 aliphatic carbocycles. The van der Waals surface area contributed by atoms with E-state index in [2.05, 4.69) is 17.6 Å². The van der Waals surface area contributed by atoms with Gasteiger partial charge in [0.1, 0.15) is 0 Å². The first-order valence-corrected chi connectivity index (χ1v) is 9.61. The topological polar surface area (TPSA) is 84.2 Å². The third kappa shape index (κ3) is 4.30. The van der Waals surface area contributed by atoms with E-state index >= 15 is 0 Å². The standard InChI is InChI=1S/C19H33N3O2.ClH/c1-11(2)17(20)18(24)21-10-16(23)22-12(3)19-7-13-4-14(8-19)6-15(5-13)9-19;/h11-15,17H,4-10,20H2,1-3H3,(H,21,24)(H,22,23);1H/t12?,13?,14?,15?,17-,19?;/m0./s1. The normalized spacial score (nSPS) is 35.0. The van der Waals surface area contributed by atoms with Gasteiger partial charge in [-0.3, -0.25) is 9.59 Å². The highest BCUT2D eigenvalue weighted by atomic mass is 35.5. The van der Waals surface area contributed by atoms with E-state index in [0.717, 1.165) is 17.8 Å². The Morgan fingerprint density at radius 3 is 1.96 bits per heavy atom. The van der Waals surface area contributed by atoms with E-state index in [1.165, 1.54) is 38.5 Å². The molecule has 4 fully saturated rings. The Balaban J connectivity index is 0.00000225. The Hall–Kier alpha value is -0.810. The van der Waals surface area contributed by atoms with Gasteiger partial charge in [0.25, 0.3) is 0 Å². The fourth-order valence-corrected chi connectivity index (χ4v) is 5.74. The smallest absolute Gasteiger partial charge is 0.239 e. The van der Waals surface area contributed by atoms with E-state index in [0.29, 0.717) is 5.41 Å². The van der Waals surface area contributed by atoms with Crippen molar-refractivity contribution in [1.82, 2.24) is 10.6 Å². The average Bonchev–Trinajstić information content (AvgIpc) is 2.50. The minimum absolute atomic E-state index is 0. The van der Waals surface area contributed by atoms with Crippen molar-refractivity contribution in [2.45, 2.75) is 71.4 Å². The summed E-state index contributed by atoms with van der Waals surface area (Å²) in [5, 5.41) is 5.83. The molecule has 0 saturated heterocycles. The molecule has 4 bridgehead atoms. The van der Waals surface area contributed by atoms with Crippen molar-refractivity contribution in [2.75, 3.05) is 6.54 Å². The second kappa shape index (κ2) is 7.83. The van der Waals surface area contributed by atoms with Crippen LogP contribution in [0.4, 0.5) is 0 Å². The van der Waals surface area contributed by atoms with E-state index < -0.39 is 6.04 Å². The monoisotopic (exact) mass is 371 g/mol. The minimum Gasteiger partial charge on any atom is -0.352 e. The van der Waals surface area contributed by atoms with E-state index in [1.54, 1.807) is 0 Å². The summed E-state index contributed by atoms with van der Waals surface area (Å²) in [6.07, 6.45) is 8.02. The molecule has 0 heterocycles. The van der Waals surface area contributed by atoms with Crippen molar-refractivity contribution >= 4 is 24.2 Å². The van der Waals surface area contributed by atoms with Gasteiger partial charge in [-0.25, -0.2) is 0 Å². The lowest BCUT2D eigenvalue weighted by molar-refractivity contribution is -0.129. The van der Waals surface area contributed by atoms with Crippen LogP contribution in [0.25, 0.3) is 0 Å². The lowest BCUT2D eigenvalue weighted by atomic mass is 9.48. The van der Waals surface area contributed by atoms with E-state index in [-0.39, 0.29) is 42.7 Å². The molecule has 5 nitrogen and oxygen atoms in total. The first-order valence-electron chi connectivity index (χ1n) is 9.61. The zero-order chi connectivity index (χ0) is 17.5. The molecule has 1 unspecified atom stereocenters. The third-order valence-electron chi connectivity index (χ3n) is 6.83. The number of carbonyl (C=O) groups excluding carboxylic acids is 2. The number of halogens is 1. The second-order valence-electron chi connectivity index (χ2n) is 9.06. The maximum Gasteiger partial charge on any atom is 0.239 e. The van der Waals surface area contributed by atoms with Crippen LogP contribution in [0.2, 0.25) is 0 Å². The van der Waals surface area contributed by atoms with Crippen molar-refractivity contribution < 1.29 is 9.59 Å². The number of nitrogens with one attached hydrogen (secondary N) is 2. The number of carbonyl (C=O) groups is 2. The summed E-state index contributed by atoms with van der Waals surface area (Å²) in [5.74, 6) is 2.35. The van der Waals surface area contributed by atoms with E-state index in [4.69, 9.17) is 5.73 Å². The lowest BCUT2D eigenvalue weighted by Crippen LogP contribution is -2.57. The maximum atomic E-state index is 12.3. The van der Waals surface area contributed by atoms with Gasteiger partial charge in [-0.1, -0.05) is 13.8 Å². The van der Waals surface area contributed by atoms with Gasteiger partial charge in [-0.2, -0.15) is 0 Å². The molecule has 0 aromatic heterocycles. The molecule has 4 aliphatic rings. The fourth-order valence-electron chi connectivity index (χ4n) is 5.74. The van der Waals surface area contributed by atoms with Gasteiger partial charge in [0.05, 0.1) is 12.6 Å². The molecule has 2 amide bonds.